The average Bonchev–Trinajstić information content (AvgIpc) is 3.66. The summed E-state index contributed by atoms with van der Waals surface area (Å²) in [6, 6.07) is 21.7. The van der Waals surface area contributed by atoms with Gasteiger partial charge in [-0.3, -0.25) is 14.4 Å². The van der Waals surface area contributed by atoms with Gasteiger partial charge in [0.25, 0.3) is 0 Å². The highest BCUT2D eigenvalue weighted by Gasteiger charge is 2.32. The number of aromatic nitrogens is 1. The largest absolute Gasteiger partial charge is 0.459 e. The van der Waals surface area contributed by atoms with Gasteiger partial charge in [-0.2, -0.15) is 0 Å². The summed E-state index contributed by atoms with van der Waals surface area (Å²) in [5.74, 6) is -2.42. The summed E-state index contributed by atoms with van der Waals surface area (Å²) in [6.45, 7) is 1.17. The molecule has 59 heavy (non-hydrogen) atoms. The van der Waals surface area contributed by atoms with Crippen LogP contribution in [0.5, 0.6) is 0 Å². The number of ether oxygens (including phenoxy) is 2. The Bertz CT molecular complexity index is 1890. The second-order valence-electron chi connectivity index (χ2n) is 14.5. The molecule has 0 aliphatic rings. The molecule has 0 aliphatic carbocycles. The first-order valence-electron chi connectivity index (χ1n) is 20.5. The molecule has 0 saturated carbocycles. The number of hydrogen-bond acceptors (Lipinski definition) is 10. The molecule has 15 heteroatoms. The van der Waals surface area contributed by atoms with Crippen molar-refractivity contribution in [1.29, 1.82) is 0 Å². The normalized spacial score (nSPS) is 13.1. The third kappa shape index (κ3) is 15.8. The van der Waals surface area contributed by atoms with E-state index in [1.165, 1.54) is 0 Å². The summed E-state index contributed by atoms with van der Waals surface area (Å²) in [6.07, 6.45) is 5.15. The lowest BCUT2D eigenvalue weighted by Crippen LogP contribution is -2.58. The maximum absolute atomic E-state index is 14.2. The molecule has 3 aromatic carbocycles. The Balaban J connectivity index is 1.51. The van der Waals surface area contributed by atoms with Gasteiger partial charge in [0.2, 0.25) is 17.7 Å². The Morgan fingerprint density at radius 1 is 0.525 bits per heavy atom. The number of H-pyrrole nitrogens is 1. The van der Waals surface area contributed by atoms with Crippen LogP contribution in [0.4, 0.5) is 4.79 Å². The molecule has 1 heterocycles. The van der Waals surface area contributed by atoms with E-state index < -0.39 is 54.0 Å². The number of fused-ring (bicyclic) bond motifs is 1. The number of rotatable bonds is 26. The van der Waals surface area contributed by atoms with Crippen LogP contribution in [-0.4, -0.2) is 78.6 Å². The molecule has 1 aromatic heterocycles. The van der Waals surface area contributed by atoms with Crippen molar-refractivity contribution < 1.29 is 33.4 Å². The predicted octanol–water partition coefficient (Wildman–Crippen LogP) is 3.59. The molecular formula is C44H60N8O7. The van der Waals surface area contributed by atoms with Crippen molar-refractivity contribution in [2.75, 3.05) is 19.6 Å². The second-order valence-corrected chi connectivity index (χ2v) is 14.5. The van der Waals surface area contributed by atoms with Crippen molar-refractivity contribution in [3.8, 4) is 0 Å². The number of para-hydroxylation sites is 1. The highest BCUT2D eigenvalue weighted by molar-refractivity contribution is 5.95. The Morgan fingerprint density at radius 2 is 0.966 bits per heavy atom. The summed E-state index contributed by atoms with van der Waals surface area (Å²) < 4.78 is 11.1. The van der Waals surface area contributed by atoms with Crippen LogP contribution in [0.15, 0.2) is 91.1 Å². The summed E-state index contributed by atoms with van der Waals surface area (Å²) in [7, 11) is 0. The first kappa shape index (κ1) is 45.9. The van der Waals surface area contributed by atoms with Gasteiger partial charge in [-0.15, -0.1) is 0 Å². The fourth-order valence-corrected chi connectivity index (χ4v) is 6.55. The molecule has 318 valence electrons. The predicted molar refractivity (Wildman–Crippen MR) is 226 cm³/mol. The third-order valence-corrected chi connectivity index (χ3v) is 9.85. The number of aromatic amines is 1. The quantitative estimate of drug-likeness (QED) is 0.0338. The second kappa shape index (κ2) is 25.6. The van der Waals surface area contributed by atoms with Crippen LogP contribution in [-0.2, 0) is 48.3 Å². The van der Waals surface area contributed by atoms with Crippen molar-refractivity contribution in [3.05, 3.63) is 108 Å². The maximum atomic E-state index is 14.2. The number of carbonyl (C=O) groups excluding carboxylic acids is 5. The Hall–Kier alpha value is -5.77. The minimum Gasteiger partial charge on any atom is -0.459 e. The number of hydrogen-bond donors (Lipinski definition) is 8. The van der Waals surface area contributed by atoms with Crippen LogP contribution in [0.2, 0.25) is 0 Å². The van der Waals surface area contributed by atoms with Crippen LogP contribution in [0.1, 0.15) is 74.5 Å². The number of alkyl carbamates (subject to hydrolysis) is 1. The number of amides is 4. The van der Waals surface area contributed by atoms with Gasteiger partial charge in [0, 0.05) is 23.5 Å². The smallest absolute Gasteiger partial charge is 0.408 e. The van der Waals surface area contributed by atoms with Crippen LogP contribution in [0.25, 0.3) is 10.9 Å². The lowest BCUT2D eigenvalue weighted by Gasteiger charge is -2.26. The van der Waals surface area contributed by atoms with E-state index in [0.717, 1.165) is 27.6 Å². The molecule has 15 nitrogen and oxygen atoms in total. The topological polar surface area (TPSA) is 246 Å². The molecule has 4 atom stereocenters. The highest BCUT2D eigenvalue weighted by Crippen LogP contribution is 2.20. The van der Waals surface area contributed by atoms with E-state index in [9.17, 15) is 24.0 Å². The molecule has 4 unspecified atom stereocenters. The highest BCUT2D eigenvalue weighted by atomic mass is 16.5. The summed E-state index contributed by atoms with van der Waals surface area (Å²) >= 11 is 0. The first-order valence-corrected chi connectivity index (χ1v) is 20.5. The van der Waals surface area contributed by atoms with Gasteiger partial charge in [0.15, 0.2) is 0 Å². The number of nitrogens with one attached hydrogen (secondary N) is 5. The average molecular weight is 813 g/mol. The van der Waals surface area contributed by atoms with E-state index in [1.54, 1.807) is 6.20 Å². The number of esters is 1. The molecule has 0 spiro atoms. The van der Waals surface area contributed by atoms with E-state index in [0.29, 0.717) is 58.2 Å². The van der Waals surface area contributed by atoms with E-state index >= 15 is 0 Å². The van der Waals surface area contributed by atoms with Gasteiger partial charge in [-0.25, -0.2) is 9.59 Å². The molecular weight excluding hydrogens is 753 g/mol. The summed E-state index contributed by atoms with van der Waals surface area (Å²) in [5.41, 5.74) is 20.5. The fraction of sp³-hybridized carbons (Fsp3) is 0.432. The molecule has 0 saturated heterocycles. The van der Waals surface area contributed by atoms with Crippen LogP contribution >= 0.6 is 0 Å². The number of benzene rings is 3. The number of carbonyl (C=O) groups is 5. The monoisotopic (exact) mass is 812 g/mol. The molecule has 0 aliphatic heterocycles. The van der Waals surface area contributed by atoms with Crippen LogP contribution in [0.3, 0.4) is 0 Å². The lowest BCUT2D eigenvalue weighted by molar-refractivity contribution is -0.149. The number of unbranched alkanes of at least 4 members (excludes halogenated alkanes) is 3. The zero-order valence-electron chi connectivity index (χ0n) is 33.7. The third-order valence-electron chi connectivity index (χ3n) is 9.85. The lowest BCUT2D eigenvalue weighted by atomic mass is 10.0. The first-order chi connectivity index (χ1) is 28.7. The Kier molecular flexibility index (Phi) is 19.9. The van der Waals surface area contributed by atoms with Crippen molar-refractivity contribution >= 4 is 40.7 Å². The maximum Gasteiger partial charge on any atom is 0.408 e. The van der Waals surface area contributed by atoms with Crippen molar-refractivity contribution in [1.82, 2.24) is 26.3 Å². The van der Waals surface area contributed by atoms with Gasteiger partial charge in [-0.05, 0) is 100 Å². The standard InChI is InChI=1S/C44H60N8O7/c45-24-12-9-21-36(50-42(55)38(23-11-14-26-47)52-44(57)59-30-32-17-5-2-6-18-32)40(53)49-37(22-10-13-25-46)41(54)51-39(43(56)58-29-31-15-3-1-4-16-31)27-33-28-48-35-20-8-7-19-34(33)35/h1-8,15-20,28,36-39,48H,9-14,21-27,29-30,45-47H2,(H,49,53)(H,50,55)(H,51,54)(H,52,57). The van der Waals surface area contributed by atoms with Gasteiger partial charge in [-0.1, -0.05) is 78.9 Å². The molecule has 4 amide bonds. The van der Waals surface area contributed by atoms with Crippen LogP contribution < -0.4 is 38.5 Å². The summed E-state index contributed by atoms with van der Waals surface area (Å²) in [5, 5.41) is 12.1. The minimum absolute atomic E-state index is 0.00753. The zero-order valence-corrected chi connectivity index (χ0v) is 33.7. The van der Waals surface area contributed by atoms with Gasteiger partial charge >= 0.3 is 12.1 Å². The van der Waals surface area contributed by atoms with Crippen molar-refractivity contribution in [2.24, 2.45) is 17.2 Å². The SMILES string of the molecule is NCCCCC(NC(=O)OCc1ccccc1)C(=O)NC(CCCCN)C(=O)NC(CCCCN)C(=O)NC(Cc1c[nH]c2ccccc12)C(=O)OCc1ccccc1. The van der Waals surface area contributed by atoms with E-state index in [-0.39, 0.29) is 38.9 Å². The van der Waals surface area contributed by atoms with Crippen LogP contribution in [0, 0.1) is 0 Å². The molecule has 0 fully saturated rings. The Morgan fingerprint density at radius 3 is 1.47 bits per heavy atom. The summed E-state index contributed by atoms with van der Waals surface area (Å²) in [4.78, 5) is 71.8. The number of nitrogens with two attached hydrogens (primary N) is 3. The molecule has 4 aromatic rings. The van der Waals surface area contributed by atoms with Gasteiger partial charge < -0.3 is 52.9 Å². The molecule has 11 N–H and O–H groups in total. The Labute approximate surface area is 345 Å². The molecule has 4 rings (SSSR count). The van der Waals surface area contributed by atoms with E-state index in [1.807, 2.05) is 84.9 Å². The van der Waals surface area contributed by atoms with Gasteiger partial charge in [0.05, 0.1) is 0 Å². The van der Waals surface area contributed by atoms with Crippen molar-refractivity contribution in [3.63, 3.8) is 0 Å². The fourth-order valence-electron chi connectivity index (χ4n) is 6.55. The minimum atomic E-state index is -1.10. The van der Waals surface area contributed by atoms with E-state index in [4.69, 9.17) is 26.7 Å². The zero-order chi connectivity index (χ0) is 42.2. The molecule has 0 bridgehead atoms. The van der Waals surface area contributed by atoms with Gasteiger partial charge in [0.1, 0.15) is 37.4 Å². The van der Waals surface area contributed by atoms with E-state index in [2.05, 4.69) is 26.3 Å². The van der Waals surface area contributed by atoms with Crippen molar-refractivity contribution in [2.45, 2.75) is 102 Å². The molecule has 0 radical (unpaired) electrons.